The summed E-state index contributed by atoms with van der Waals surface area (Å²) in [5.74, 6) is 0. The van der Waals surface area contributed by atoms with Crippen molar-refractivity contribution in [1.82, 2.24) is 4.31 Å². The van der Waals surface area contributed by atoms with Gasteiger partial charge in [-0.05, 0) is 38.2 Å². The molecule has 0 bridgehead atoms. The number of non-ortho nitro benzene ring substituents is 1. The second-order valence-corrected chi connectivity index (χ2v) is 7.96. The standard InChI is InChI=1S/C16H24N2O5S/c1-3-9-17(12-15-6-4-5-10-23-15)24(21,22)16-11-14(18(19)20)8-7-13(16)2/h7-8,11,15H,3-6,9-10,12H2,1-2H3. The molecule has 1 atom stereocenters. The maximum atomic E-state index is 13.0. The van der Waals surface area contributed by atoms with Crippen LogP contribution in [0.25, 0.3) is 0 Å². The van der Waals surface area contributed by atoms with Crippen molar-refractivity contribution in [2.45, 2.75) is 50.5 Å². The van der Waals surface area contributed by atoms with Crippen molar-refractivity contribution in [2.24, 2.45) is 0 Å². The van der Waals surface area contributed by atoms with E-state index >= 15 is 0 Å². The zero-order chi connectivity index (χ0) is 17.7. The third-order valence-electron chi connectivity index (χ3n) is 4.15. The maximum Gasteiger partial charge on any atom is 0.270 e. The molecule has 134 valence electrons. The highest BCUT2D eigenvalue weighted by molar-refractivity contribution is 7.89. The van der Waals surface area contributed by atoms with Crippen molar-refractivity contribution >= 4 is 15.7 Å². The molecule has 1 aromatic carbocycles. The number of hydrogen-bond donors (Lipinski definition) is 0. The number of sulfonamides is 1. The first-order valence-electron chi connectivity index (χ1n) is 8.23. The normalized spacial score (nSPS) is 18.7. The molecular formula is C16H24N2O5S. The minimum atomic E-state index is -3.80. The summed E-state index contributed by atoms with van der Waals surface area (Å²) in [7, 11) is -3.80. The van der Waals surface area contributed by atoms with E-state index < -0.39 is 14.9 Å². The van der Waals surface area contributed by atoms with E-state index in [9.17, 15) is 18.5 Å². The Labute approximate surface area is 142 Å². The summed E-state index contributed by atoms with van der Waals surface area (Å²) < 4.78 is 33.1. The lowest BCUT2D eigenvalue weighted by Crippen LogP contribution is -2.40. The Balaban J connectivity index is 2.33. The van der Waals surface area contributed by atoms with Gasteiger partial charge in [0.2, 0.25) is 10.0 Å². The van der Waals surface area contributed by atoms with Gasteiger partial charge in [-0.2, -0.15) is 4.31 Å². The minimum absolute atomic E-state index is 0.000888. The second kappa shape index (κ2) is 8.04. The van der Waals surface area contributed by atoms with Crippen LogP contribution in [-0.4, -0.2) is 43.4 Å². The summed E-state index contributed by atoms with van der Waals surface area (Å²) in [6, 6.07) is 3.95. The minimum Gasteiger partial charge on any atom is -0.377 e. The van der Waals surface area contributed by atoms with Crippen LogP contribution in [0.4, 0.5) is 5.69 Å². The van der Waals surface area contributed by atoms with E-state index in [4.69, 9.17) is 4.74 Å². The average Bonchev–Trinajstić information content (AvgIpc) is 2.55. The molecule has 1 unspecified atom stereocenters. The van der Waals surface area contributed by atoms with Crippen LogP contribution in [0.5, 0.6) is 0 Å². The van der Waals surface area contributed by atoms with E-state index in [2.05, 4.69) is 0 Å². The fourth-order valence-corrected chi connectivity index (χ4v) is 4.67. The summed E-state index contributed by atoms with van der Waals surface area (Å²) in [5, 5.41) is 11.0. The molecule has 24 heavy (non-hydrogen) atoms. The summed E-state index contributed by atoms with van der Waals surface area (Å²) in [4.78, 5) is 10.4. The molecule has 0 aliphatic carbocycles. The smallest absolute Gasteiger partial charge is 0.270 e. The predicted molar refractivity (Wildman–Crippen MR) is 90.5 cm³/mol. The number of ether oxygens (including phenoxy) is 1. The highest BCUT2D eigenvalue weighted by Gasteiger charge is 2.30. The van der Waals surface area contributed by atoms with Gasteiger partial charge in [-0.25, -0.2) is 8.42 Å². The fraction of sp³-hybridized carbons (Fsp3) is 0.625. The van der Waals surface area contributed by atoms with Gasteiger partial charge in [0, 0.05) is 31.8 Å². The van der Waals surface area contributed by atoms with Crippen LogP contribution in [0.2, 0.25) is 0 Å². The van der Waals surface area contributed by atoms with Crippen LogP contribution in [0, 0.1) is 17.0 Å². The first-order valence-corrected chi connectivity index (χ1v) is 9.67. The average molecular weight is 356 g/mol. The maximum absolute atomic E-state index is 13.0. The highest BCUT2D eigenvalue weighted by atomic mass is 32.2. The first kappa shape index (κ1) is 18.8. The quantitative estimate of drug-likeness (QED) is 0.553. The fourth-order valence-electron chi connectivity index (χ4n) is 2.86. The zero-order valence-corrected chi connectivity index (χ0v) is 14.9. The van der Waals surface area contributed by atoms with Gasteiger partial charge in [0.1, 0.15) is 0 Å². The predicted octanol–water partition coefficient (Wildman–Crippen LogP) is 2.87. The van der Waals surface area contributed by atoms with Gasteiger partial charge < -0.3 is 4.74 Å². The van der Waals surface area contributed by atoms with Crippen LogP contribution in [-0.2, 0) is 14.8 Å². The van der Waals surface area contributed by atoms with Crippen LogP contribution in [0.15, 0.2) is 23.1 Å². The van der Waals surface area contributed by atoms with Crippen molar-refractivity contribution in [3.05, 3.63) is 33.9 Å². The number of rotatable bonds is 7. The lowest BCUT2D eigenvalue weighted by atomic mass is 10.1. The molecule has 1 fully saturated rings. The Morgan fingerprint density at radius 1 is 1.38 bits per heavy atom. The van der Waals surface area contributed by atoms with E-state index in [0.717, 1.165) is 25.3 Å². The topological polar surface area (TPSA) is 89.8 Å². The lowest BCUT2D eigenvalue weighted by molar-refractivity contribution is -0.385. The number of hydrogen-bond acceptors (Lipinski definition) is 5. The van der Waals surface area contributed by atoms with Crippen molar-refractivity contribution in [3.63, 3.8) is 0 Å². The largest absolute Gasteiger partial charge is 0.377 e. The Morgan fingerprint density at radius 2 is 2.12 bits per heavy atom. The van der Waals surface area contributed by atoms with Crippen molar-refractivity contribution in [1.29, 1.82) is 0 Å². The molecule has 0 N–H and O–H groups in total. The van der Waals surface area contributed by atoms with Gasteiger partial charge in [-0.1, -0.05) is 13.0 Å². The van der Waals surface area contributed by atoms with Gasteiger partial charge in [-0.15, -0.1) is 0 Å². The number of aryl methyl sites for hydroxylation is 1. The van der Waals surface area contributed by atoms with Crippen molar-refractivity contribution in [3.8, 4) is 0 Å². The molecule has 0 radical (unpaired) electrons. The Morgan fingerprint density at radius 3 is 2.71 bits per heavy atom. The Hall–Kier alpha value is -1.51. The van der Waals surface area contributed by atoms with Gasteiger partial charge in [0.05, 0.1) is 15.9 Å². The third-order valence-corrected chi connectivity index (χ3v) is 6.16. The summed E-state index contributed by atoms with van der Waals surface area (Å²) >= 11 is 0. The molecule has 0 aromatic heterocycles. The van der Waals surface area contributed by atoms with Crippen LogP contribution in [0.1, 0.15) is 38.2 Å². The molecule has 8 heteroatoms. The van der Waals surface area contributed by atoms with Gasteiger partial charge in [0.15, 0.2) is 0 Å². The second-order valence-electron chi connectivity index (χ2n) is 6.06. The monoisotopic (exact) mass is 356 g/mol. The molecule has 1 aliphatic heterocycles. The van der Waals surface area contributed by atoms with Gasteiger partial charge in [-0.3, -0.25) is 10.1 Å². The van der Waals surface area contributed by atoms with E-state index in [-0.39, 0.29) is 23.2 Å². The SMILES string of the molecule is CCCN(CC1CCCCO1)S(=O)(=O)c1cc([N+](=O)[O-])ccc1C. The summed E-state index contributed by atoms with van der Waals surface area (Å²) in [6.07, 6.45) is 3.42. The third kappa shape index (κ3) is 4.31. The van der Waals surface area contributed by atoms with E-state index in [1.54, 1.807) is 6.92 Å². The number of nitro groups is 1. The molecule has 0 saturated carbocycles. The van der Waals surface area contributed by atoms with E-state index in [1.165, 1.54) is 16.4 Å². The number of nitrogens with zero attached hydrogens (tertiary/aromatic N) is 2. The molecule has 0 spiro atoms. The lowest BCUT2D eigenvalue weighted by Gasteiger charge is -2.29. The summed E-state index contributed by atoms with van der Waals surface area (Å²) in [6.45, 7) is 4.87. The number of benzene rings is 1. The van der Waals surface area contributed by atoms with Gasteiger partial charge >= 0.3 is 0 Å². The number of nitro benzene ring substituents is 1. The van der Waals surface area contributed by atoms with Crippen molar-refractivity contribution in [2.75, 3.05) is 19.7 Å². The van der Waals surface area contributed by atoms with Crippen LogP contribution >= 0.6 is 0 Å². The molecule has 1 aromatic rings. The summed E-state index contributed by atoms with van der Waals surface area (Å²) in [5.41, 5.74) is 0.288. The Kier molecular flexibility index (Phi) is 6.31. The molecular weight excluding hydrogens is 332 g/mol. The van der Waals surface area contributed by atoms with Crippen LogP contribution in [0.3, 0.4) is 0 Å². The Bertz CT molecular complexity index is 684. The molecule has 2 rings (SSSR count). The molecule has 1 heterocycles. The molecule has 7 nitrogen and oxygen atoms in total. The zero-order valence-electron chi connectivity index (χ0n) is 14.1. The molecule has 1 saturated heterocycles. The van der Waals surface area contributed by atoms with E-state index in [0.29, 0.717) is 25.1 Å². The molecule has 0 amide bonds. The van der Waals surface area contributed by atoms with Gasteiger partial charge in [0.25, 0.3) is 5.69 Å². The molecule has 1 aliphatic rings. The van der Waals surface area contributed by atoms with Crippen molar-refractivity contribution < 1.29 is 18.1 Å². The van der Waals surface area contributed by atoms with Crippen LogP contribution < -0.4 is 0 Å². The first-order chi connectivity index (χ1) is 11.4. The van der Waals surface area contributed by atoms with E-state index in [1.807, 2.05) is 6.92 Å². The highest BCUT2D eigenvalue weighted by Crippen LogP contribution is 2.26.